The Morgan fingerprint density at radius 3 is 3.12 bits per heavy atom. The van der Waals surface area contributed by atoms with E-state index in [4.69, 9.17) is 17.3 Å². The van der Waals surface area contributed by atoms with Crippen LogP contribution in [0.5, 0.6) is 0 Å². The SMILES string of the molecule is NCC1CCCC1C(=O)Nc1ccnc(Cl)c1. The summed E-state index contributed by atoms with van der Waals surface area (Å²) in [5.74, 6) is 0.388. The predicted octanol–water partition coefficient (Wildman–Crippen LogP) is 2.05. The molecule has 92 valence electrons. The van der Waals surface area contributed by atoms with E-state index >= 15 is 0 Å². The minimum Gasteiger partial charge on any atom is -0.330 e. The summed E-state index contributed by atoms with van der Waals surface area (Å²) in [7, 11) is 0. The molecule has 1 aromatic heterocycles. The third kappa shape index (κ3) is 2.96. The summed E-state index contributed by atoms with van der Waals surface area (Å²) in [6.07, 6.45) is 4.63. The van der Waals surface area contributed by atoms with Gasteiger partial charge in [-0.1, -0.05) is 18.0 Å². The maximum atomic E-state index is 12.1. The van der Waals surface area contributed by atoms with Crippen LogP contribution in [0, 0.1) is 11.8 Å². The van der Waals surface area contributed by atoms with Crippen molar-refractivity contribution >= 4 is 23.2 Å². The number of aromatic nitrogens is 1. The number of hydrogen-bond donors (Lipinski definition) is 2. The van der Waals surface area contributed by atoms with Gasteiger partial charge in [-0.15, -0.1) is 0 Å². The summed E-state index contributed by atoms with van der Waals surface area (Å²) in [5.41, 5.74) is 6.36. The molecule has 0 aliphatic heterocycles. The van der Waals surface area contributed by atoms with Crippen molar-refractivity contribution in [1.82, 2.24) is 4.98 Å². The van der Waals surface area contributed by atoms with Gasteiger partial charge in [0.25, 0.3) is 0 Å². The standard InChI is InChI=1S/C12H16ClN3O/c13-11-6-9(4-5-15-11)16-12(17)10-3-1-2-8(10)7-14/h4-6,8,10H,1-3,7,14H2,(H,15,16,17). The van der Waals surface area contributed by atoms with E-state index < -0.39 is 0 Å². The third-order valence-corrected chi connectivity index (χ3v) is 3.50. The first-order valence-electron chi connectivity index (χ1n) is 5.83. The highest BCUT2D eigenvalue weighted by Gasteiger charge is 2.31. The van der Waals surface area contributed by atoms with Crippen LogP contribution in [0.15, 0.2) is 18.3 Å². The van der Waals surface area contributed by atoms with Gasteiger partial charge in [-0.25, -0.2) is 4.98 Å². The largest absolute Gasteiger partial charge is 0.330 e. The zero-order valence-electron chi connectivity index (χ0n) is 9.53. The fourth-order valence-electron chi connectivity index (χ4n) is 2.38. The highest BCUT2D eigenvalue weighted by Crippen LogP contribution is 2.31. The van der Waals surface area contributed by atoms with Gasteiger partial charge in [0.15, 0.2) is 0 Å². The van der Waals surface area contributed by atoms with Gasteiger partial charge in [-0.3, -0.25) is 4.79 Å². The number of nitrogens with one attached hydrogen (secondary N) is 1. The Bertz CT molecular complexity index is 410. The molecule has 0 saturated heterocycles. The van der Waals surface area contributed by atoms with Crippen LogP contribution < -0.4 is 11.1 Å². The first-order chi connectivity index (χ1) is 8.20. The molecule has 0 bridgehead atoms. The highest BCUT2D eigenvalue weighted by atomic mass is 35.5. The first kappa shape index (κ1) is 12.3. The van der Waals surface area contributed by atoms with Crippen molar-refractivity contribution < 1.29 is 4.79 Å². The van der Waals surface area contributed by atoms with Crippen molar-refractivity contribution in [2.45, 2.75) is 19.3 Å². The van der Waals surface area contributed by atoms with Gasteiger partial charge < -0.3 is 11.1 Å². The lowest BCUT2D eigenvalue weighted by molar-refractivity contribution is -0.120. The maximum absolute atomic E-state index is 12.1. The second-order valence-electron chi connectivity index (χ2n) is 4.39. The molecular formula is C12H16ClN3O. The van der Waals surface area contributed by atoms with Gasteiger partial charge in [-0.05, 0) is 37.4 Å². The van der Waals surface area contributed by atoms with Crippen LogP contribution in [-0.4, -0.2) is 17.4 Å². The van der Waals surface area contributed by atoms with Crippen molar-refractivity contribution in [3.05, 3.63) is 23.5 Å². The van der Waals surface area contributed by atoms with E-state index in [2.05, 4.69) is 10.3 Å². The van der Waals surface area contributed by atoms with Crippen LogP contribution in [0.25, 0.3) is 0 Å². The third-order valence-electron chi connectivity index (χ3n) is 3.29. The normalized spacial score (nSPS) is 23.6. The van der Waals surface area contributed by atoms with E-state index in [1.165, 1.54) is 0 Å². The number of anilines is 1. The summed E-state index contributed by atoms with van der Waals surface area (Å²) in [4.78, 5) is 15.9. The Labute approximate surface area is 106 Å². The van der Waals surface area contributed by atoms with Gasteiger partial charge in [0, 0.05) is 17.8 Å². The molecular weight excluding hydrogens is 238 g/mol. The zero-order valence-corrected chi connectivity index (χ0v) is 10.3. The van der Waals surface area contributed by atoms with Gasteiger partial charge in [0.1, 0.15) is 5.15 Å². The molecule has 17 heavy (non-hydrogen) atoms. The van der Waals surface area contributed by atoms with E-state index in [9.17, 15) is 4.79 Å². The van der Waals surface area contributed by atoms with E-state index in [0.717, 1.165) is 19.3 Å². The smallest absolute Gasteiger partial charge is 0.227 e. The number of pyridine rings is 1. The fraction of sp³-hybridized carbons (Fsp3) is 0.500. The molecule has 5 heteroatoms. The molecule has 1 fully saturated rings. The summed E-state index contributed by atoms with van der Waals surface area (Å²) in [5, 5.41) is 3.25. The molecule has 1 saturated carbocycles. The molecule has 2 rings (SSSR count). The monoisotopic (exact) mass is 253 g/mol. The number of amides is 1. The topological polar surface area (TPSA) is 68.0 Å². The quantitative estimate of drug-likeness (QED) is 0.810. The average molecular weight is 254 g/mol. The fourth-order valence-corrected chi connectivity index (χ4v) is 2.55. The molecule has 3 N–H and O–H groups in total. The minimum absolute atomic E-state index is 0.0342. The lowest BCUT2D eigenvalue weighted by Crippen LogP contribution is -2.29. The molecule has 2 unspecified atom stereocenters. The van der Waals surface area contributed by atoms with Crippen LogP contribution in [0.4, 0.5) is 5.69 Å². The van der Waals surface area contributed by atoms with E-state index in [0.29, 0.717) is 23.3 Å². The molecule has 4 nitrogen and oxygen atoms in total. The van der Waals surface area contributed by atoms with Gasteiger partial charge in [0.2, 0.25) is 5.91 Å². The maximum Gasteiger partial charge on any atom is 0.227 e. The molecule has 0 radical (unpaired) electrons. The Morgan fingerprint density at radius 2 is 2.41 bits per heavy atom. The summed E-state index contributed by atoms with van der Waals surface area (Å²) in [6.45, 7) is 0.579. The lowest BCUT2D eigenvalue weighted by atomic mass is 9.95. The number of nitrogens with two attached hydrogens (primary N) is 1. The molecule has 0 spiro atoms. The van der Waals surface area contributed by atoms with Crippen LogP contribution in [0.1, 0.15) is 19.3 Å². The summed E-state index contributed by atoms with van der Waals surface area (Å²) >= 11 is 5.76. The minimum atomic E-state index is 0.0342. The van der Waals surface area contributed by atoms with Crippen LogP contribution in [0.2, 0.25) is 5.15 Å². The van der Waals surface area contributed by atoms with Crippen molar-refractivity contribution in [1.29, 1.82) is 0 Å². The first-order valence-corrected chi connectivity index (χ1v) is 6.21. The molecule has 1 heterocycles. The number of carbonyl (C=O) groups excluding carboxylic acids is 1. The molecule has 2 atom stereocenters. The number of carbonyl (C=O) groups is 1. The van der Waals surface area contributed by atoms with Crippen molar-refractivity contribution in [2.75, 3.05) is 11.9 Å². The Morgan fingerprint density at radius 1 is 1.59 bits per heavy atom. The number of rotatable bonds is 3. The van der Waals surface area contributed by atoms with Crippen LogP contribution in [0.3, 0.4) is 0 Å². The average Bonchev–Trinajstić information content (AvgIpc) is 2.77. The second kappa shape index (κ2) is 5.47. The second-order valence-corrected chi connectivity index (χ2v) is 4.78. The van der Waals surface area contributed by atoms with Crippen molar-refractivity contribution in [3.63, 3.8) is 0 Å². The van der Waals surface area contributed by atoms with E-state index in [-0.39, 0.29) is 11.8 Å². The van der Waals surface area contributed by atoms with E-state index in [1.807, 2.05) is 0 Å². The molecule has 1 amide bonds. The molecule has 1 aromatic rings. The van der Waals surface area contributed by atoms with Crippen LogP contribution in [-0.2, 0) is 4.79 Å². The zero-order chi connectivity index (χ0) is 12.3. The predicted molar refractivity (Wildman–Crippen MR) is 67.8 cm³/mol. The lowest BCUT2D eigenvalue weighted by Gasteiger charge is -2.17. The number of halogens is 1. The van der Waals surface area contributed by atoms with E-state index in [1.54, 1.807) is 18.3 Å². The molecule has 0 aromatic carbocycles. The van der Waals surface area contributed by atoms with Gasteiger partial charge in [-0.2, -0.15) is 0 Å². The molecule has 1 aliphatic carbocycles. The van der Waals surface area contributed by atoms with Crippen molar-refractivity contribution in [2.24, 2.45) is 17.6 Å². The molecule has 1 aliphatic rings. The Hall–Kier alpha value is -1.13. The van der Waals surface area contributed by atoms with Gasteiger partial charge >= 0.3 is 0 Å². The Kier molecular flexibility index (Phi) is 3.97. The highest BCUT2D eigenvalue weighted by molar-refractivity contribution is 6.29. The summed E-state index contributed by atoms with van der Waals surface area (Å²) in [6, 6.07) is 3.38. The van der Waals surface area contributed by atoms with Crippen molar-refractivity contribution in [3.8, 4) is 0 Å². The Balaban J connectivity index is 2.01. The van der Waals surface area contributed by atoms with Crippen LogP contribution >= 0.6 is 11.6 Å². The van der Waals surface area contributed by atoms with Gasteiger partial charge in [0.05, 0.1) is 0 Å². The summed E-state index contributed by atoms with van der Waals surface area (Å²) < 4.78 is 0. The number of nitrogens with zero attached hydrogens (tertiary/aromatic N) is 1. The number of hydrogen-bond acceptors (Lipinski definition) is 3.